The summed E-state index contributed by atoms with van der Waals surface area (Å²) in [5, 5.41) is 12.0. The maximum atomic E-state index is 12.2. The molecule has 4 N–H and O–H groups in total. The Morgan fingerprint density at radius 1 is 1.35 bits per heavy atom. The van der Waals surface area contributed by atoms with Crippen molar-refractivity contribution in [3.05, 3.63) is 52.8 Å². The largest absolute Gasteiger partial charge is 0.323 e. The topological polar surface area (TPSA) is 104 Å². The Balaban J connectivity index is 2.33. The molecule has 7 heteroatoms. The van der Waals surface area contributed by atoms with E-state index in [0.29, 0.717) is 22.0 Å². The molecule has 20 heavy (non-hydrogen) atoms. The number of nitrogens with one attached hydrogen (secondary N) is 2. The number of benzene rings is 1. The molecule has 0 spiro atoms. The monoisotopic (exact) mass is 287 g/mol. The first-order valence-corrected chi connectivity index (χ1v) is 5.95. The lowest BCUT2D eigenvalue weighted by Crippen LogP contribution is -2.18. The number of rotatable bonds is 3. The van der Waals surface area contributed by atoms with Crippen molar-refractivity contribution in [1.82, 2.24) is 4.98 Å². The van der Waals surface area contributed by atoms with Crippen LogP contribution in [0.3, 0.4) is 0 Å². The summed E-state index contributed by atoms with van der Waals surface area (Å²) < 4.78 is 0. The number of halogens is 1. The first-order chi connectivity index (χ1) is 9.65. The molecule has 1 aromatic carbocycles. The normalized spacial score (nSPS) is 9.65. The SMILES string of the molecule is N#Cc1ccc(Cl)cc1NC(=O)c1cnccc1NN. The first kappa shape index (κ1) is 13.8. The number of hydrogen-bond acceptors (Lipinski definition) is 5. The minimum absolute atomic E-state index is 0.263. The van der Waals surface area contributed by atoms with Gasteiger partial charge in [0.2, 0.25) is 0 Å². The molecule has 0 aliphatic rings. The Labute approximate surface area is 120 Å². The number of anilines is 2. The van der Waals surface area contributed by atoms with Gasteiger partial charge < -0.3 is 10.7 Å². The molecule has 2 rings (SSSR count). The molecule has 0 aliphatic heterocycles. The fourth-order valence-corrected chi connectivity index (χ4v) is 1.78. The molecule has 0 atom stereocenters. The van der Waals surface area contributed by atoms with Crippen LogP contribution in [-0.4, -0.2) is 10.9 Å². The summed E-state index contributed by atoms with van der Waals surface area (Å²) in [6.45, 7) is 0. The molecule has 1 heterocycles. The molecular weight excluding hydrogens is 278 g/mol. The molecule has 0 bridgehead atoms. The summed E-state index contributed by atoms with van der Waals surface area (Å²) in [7, 11) is 0. The standard InChI is InChI=1S/C13H10ClN5O/c14-9-2-1-8(6-15)12(5-9)18-13(20)10-7-17-4-3-11(10)19-16/h1-5,7H,16H2,(H,17,19)(H,18,20). The Morgan fingerprint density at radius 3 is 2.85 bits per heavy atom. The number of carbonyl (C=O) groups is 1. The van der Waals surface area contributed by atoms with Crippen LogP contribution in [0.1, 0.15) is 15.9 Å². The molecule has 1 amide bonds. The second kappa shape index (κ2) is 6.02. The van der Waals surface area contributed by atoms with Crippen molar-refractivity contribution in [1.29, 1.82) is 5.26 Å². The van der Waals surface area contributed by atoms with Gasteiger partial charge in [0.1, 0.15) is 6.07 Å². The van der Waals surface area contributed by atoms with Crippen LogP contribution in [-0.2, 0) is 0 Å². The van der Waals surface area contributed by atoms with Crippen LogP contribution < -0.4 is 16.6 Å². The average Bonchev–Trinajstić information content (AvgIpc) is 2.47. The number of nitrogen functional groups attached to an aromatic ring is 1. The zero-order valence-electron chi connectivity index (χ0n) is 10.2. The van der Waals surface area contributed by atoms with Crippen molar-refractivity contribution in [2.24, 2.45) is 5.84 Å². The minimum Gasteiger partial charge on any atom is -0.323 e. The van der Waals surface area contributed by atoms with Crippen LogP contribution in [0.15, 0.2) is 36.7 Å². The average molecular weight is 288 g/mol. The van der Waals surface area contributed by atoms with E-state index >= 15 is 0 Å². The van der Waals surface area contributed by atoms with Crippen molar-refractivity contribution in [2.75, 3.05) is 10.7 Å². The number of carbonyl (C=O) groups excluding carboxylic acids is 1. The van der Waals surface area contributed by atoms with Gasteiger partial charge >= 0.3 is 0 Å². The molecule has 0 aliphatic carbocycles. The predicted molar refractivity (Wildman–Crippen MR) is 76.2 cm³/mol. The number of pyridine rings is 1. The predicted octanol–water partition coefficient (Wildman–Crippen LogP) is 2.14. The molecular formula is C13H10ClN5O. The van der Waals surface area contributed by atoms with E-state index in [0.717, 1.165) is 0 Å². The molecule has 0 saturated carbocycles. The van der Waals surface area contributed by atoms with Gasteiger partial charge in [-0.1, -0.05) is 11.6 Å². The lowest BCUT2D eigenvalue weighted by molar-refractivity contribution is 0.102. The molecule has 1 aromatic heterocycles. The van der Waals surface area contributed by atoms with Crippen LogP contribution in [0.4, 0.5) is 11.4 Å². The summed E-state index contributed by atoms with van der Waals surface area (Å²) in [4.78, 5) is 16.0. The second-order valence-corrected chi connectivity index (χ2v) is 4.26. The van der Waals surface area contributed by atoms with Gasteiger partial charge in [0.25, 0.3) is 5.91 Å². The molecule has 0 unspecified atom stereocenters. The number of aromatic nitrogens is 1. The summed E-state index contributed by atoms with van der Waals surface area (Å²) in [5.74, 6) is 4.89. The van der Waals surface area contributed by atoms with Crippen molar-refractivity contribution in [3.63, 3.8) is 0 Å². The fraction of sp³-hybridized carbons (Fsp3) is 0. The Morgan fingerprint density at radius 2 is 2.15 bits per heavy atom. The maximum absolute atomic E-state index is 12.2. The van der Waals surface area contributed by atoms with E-state index in [-0.39, 0.29) is 5.56 Å². The summed E-state index contributed by atoms with van der Waals surface area (Å²) in [6, 6.07) is 8.16. The van der Waals surface area contributed by atoms with Crippen molar-refractivity contribution in [2.45, 2.75) is 0 Å². The second-order valence-electron chi connectivity index (χ2n) is 3.82. The zero-order chi connectivity index (χ0) is 14.5. The number of nitrogens with two attached hydrogens (primary N) is 1. The van der Waals surface area contributed by atoms with Crippen LogP contribution in [0.25, 0.3) is 0 Å². The molecule has 0 fully saturated rings. The molecule has 0 saturated heterocycles. The lowest BCUT2D eigenvalue weighted by atomic mass is 10.1. The quantitative estimate of drug-likeness (QED) is 0.593. The molecule has 0 radical (unpaired) electrons. The van der Waals surface area contributed by atoms with Crippen LogP contribution in [0.5, 0.6) is 0 Å². The smallest absolute Gasteiger partial charge is 0.259 e. The van der Waals surface area contributed by atoms with E-state index in [4.69, 9.17) is 22.7 Å². The Bertz CT molecular complexity index is 695. The number of nitrogens with zero attached hydrogens (tertiary/aromatic N) is 2. The van der Waals surface area contributed by atoms with Gasteiger partial charge in [-0.2, -0.15) is 5.26 Å². The number of amides is 1. The van der Waals surface area contributed by atoms with Crippen LogP contribution in [0.2, 0.25) is 5.02 Å². The van der Waals surface area contributed by atoms with Gasteiger partial charge in [0.15, 0.2) is 0 Å². The number of hydrogen-bond donors (Lipinski definition) is 3. The zero-order valence-corrected chi connectivity index (χ0v) is 11.0. The van der Waals surface area contributed by atoms with Crippen molar-refractivity contribution >= 4 is 28.9 Å². The van der Waals surface area contributed by atoms with E-state index in [1.165, 1.54) is 24.5 Å². The number of nitriles is 1. The van der Waals surface area contributed by atoms with Crippen LogP contribution >= 0.6 is 11.6 Å². The summed E-state index contributed by atoms with van der Waals surface area (Å²) in [5.41, 5.74) is 3.75. The third kappa shape index (κ3) is 2.85. The fourth-order valence-electron chi connectivity index (χ4n) is 1.61. The van der Waals surface area contributed by atoms with E-state index < -0.39 is 5.91 Å². The van der Waals surface area contributed by atoms with E-state index in [2.05, 4.69) is 15.7 Å². The highest BCUT2D eigenvalue weighted by atomic mass is 35.5. The van der Waals surface area contributed by atoms with Gasteiger partial charge in [-0.3, -0.25) is 15.6 Å². The summed E-state index contributed by atoms with van der Waals surface area (Å²) >= 11 is 5.86. The Hall–Kier alpha value is -2.62. The van der Waals surface area contributed by atoms with Crippen molar-refractivity contribution < 1.29 is 4.79 Å². The van der Waals surface area contributed by atoms with Gasteiger partial charge in [-0.05, 0) is 24.3 Å². The van der Waals surface area contributed by atoms with E-state index in [1.54, 1.807) is 12.1 Å². The van der Waals surface area contributed by atoms with Gasteiger partial charge in [-0.25, -0.2) is 0 Å². The lowest BCUT2D eigenvalue weighted by Gasteiger charge is -2.10. The Kier molecular flexibility index (Phi) is 4.15. The van der Waals surface area contributed by atoms with Gasteiger partial charge in [-0.15, -0.1) is 0 Å². The maximum Gasteiger partial charge on any atom is 0.259 e. The van der Waals surface area contributed by atoms with Gasteiger partial charge in [0, 0.05) is 17.4 Å². The minimum atomic E-state index is -0.440. The molecule has 100 valence electrons. The first-order valence-electron chi connectivity index (χ1n) is 5.57. The highest BCUT2D eigenvalue weighted by molar-refractivity contribution is 6.31. The van der Waals surface area contributed by atoms with Crippen LogP contribution in [0, 0.1) is 11.3 Å². The third-order valence-corrected chi connectivity index (χ3v) is 2.81. The van der Waals surface area contributed by atoms with E-state index in [9.17, 15) is 4.79 Å². The number of hydrazine groups is 1. The van der Waals surface area contributed by atoms with Crippen molar-refractivity contribution in [3.8, 4) is 6.07 Å². The third-order valence-electron chi connectivity index (χ3n) is 2.57. The molecule has 2 aromatic rings. The summed E-state index contributed by atoms with van der Waals surface area (Å²) in [6.07, 6.45) is 2.88. The highest BCUT2D eigenvalue weighted by Crippen LogP contribution is 2.22. The highest BCUT2D eigenvalue weighted by Gasteiger charge is 2.13. The van der Waals surface area contributed by atoms with Gasteiger partial charge in [0.05, 0.1) is 22.5 Å². The molecule has 6 nitrogen and oxygen atoms in total. The van der Waals surface area contributed by atoms with E-state index in [1.807, 2.05) is 6.07 Å².